The number of nitrogens with zero attached hydrogens (tertiary/aromatic N) is 3. The minimum Gasteiger partial charge on any atom is -0.359 e. The molecule has 1 aliphatic carbocycles. The smallest absolute Gasteiger partial charge is 0.202 e. The molecule has 1 fully saturated rings. The lowest BCUT2D eigenvalue weighted by molar-refractivity contribution is 0.0429. The zero-order valence-electron chi connectivity index (χ0n) is 9.82. The van der Waals surface area contributed by atoms with Gasteiger partial charge in [-0.05, 0) is 33.4 Å². The maximum atomic E-state index is 4.27. The highest BCUT2D eigenvalue weighted by Gasteiger charge is 2.39. The summed E-state index contributed by atoms with van der Waals surface area (Å²) in [6.45, 7) is 1.04. The molecule has 0 aliphatic heterocycles. The number of likely N-dealkylation sites (N-methyl/N-ethyl adjacent to an activating group) is 1. The summed E-state index contributed by atoms with van der Waals surface area (Å²) in [4.78, 5) is 6.63. The van der Waals surface area contributed by atoms with Crippen LogP contribution in [0.5, 0.6) is 0 Å². The van der Waals surface area contributed by atoms with Crippen LogP contribution in [0.15, 0.2) is 12.4 Å². The van der Waals surface area contributed by atoms with Gasteiger partial charge in [0.05, 0.1) is 0 Å². The van der Waals surface area contributed by atoms with Crippen molar-refractivity contribution in [1.82, 2.24) is 14.5 Å². The van der Waals surface area contributed by atoms with Gasteiger partial charge in [0, 0.05) is 31.5 Å². The number of nitrogens with one attached hydrogen (secondary N) is 1. The van der Waals surface area contributed by atoms with Crippen LogP contribution in [0.3, 0.4) is 0 Å². The average molecular weight is 208 g/mol. The van der Waals surface area contributed by atoms with E-state index >= 15 is 0 Å². The molecule has 15 heavy (non-hydrogen) atoms. The quantitative estimate of drug-likeness (QED) is 0.812. The van der Waals surface area contributed by atoms with E-state index in [1.54, 1.807) is 0 Å². The van der Waals surface area contributed by atoms with Crippen molar-refractivity contribution < 1.29 is 0 Å². The van der Waals surface area contributed by atoms with Gasteiger partial charge in [-0.25, -0.2) is 4.98 Å². The first kappa shape index (κ1) is 10.5. The van der Waals surface area contributed by atoms with Crippen molar-refractivity contribution in [2.75, 3.05) is 26.5 Å². The predicted octanol–water partition coefficient (Wildman–Crippen LogP) is 1.41. The first-order chi connectivity index (χ1) is 7.18. The van der Waals surface area contributed by atoms with Crippen molar-refractivity contribution >= 4 is 5.95 Å². The van der Waals surface area contributed by atoms with E-state index in [4.69, 9.17) is 0 Å². The van der Waals surface area contributed by atoms with Crippen molar-refractivity contribution in [1.29, 1.82) is 0 Å². The molecule has 0 bridgehead atoms. The van der Waals surface area contributed by atoms with Crippen LogP contribution >= 0.6 is 0 Å². The third-order valence-corrected chi connectivity index (χ3v) is 3.64. The zero-order chi connectivity index (χ0) is 10.9. The van der Waals surface area contributed by atoms with Crippen LogP contribution in [0, 0.1) is 0 Å². The zero-order valence-corrected chi connectivity index (χ0v) is 9.82. The molecule has 0 aromatic carbocycles. The molecule has 4 heteroatoms. The SMILES string of the molecule is CNc1nccn1CC1(N(C)C)CCC1. The number of imidazole rings is 1. The van der Waals surface area contributed by atoms with Crippen LogP contribution in [-0.4, -0.2) is 41.1 Å². The summed E-state index contributed by atoms with van der Waals surface area (Å²) in [7, 11) is 6.27. The number of hydrogen-bond donors (Lipinski definition) is 1. The predicted molar refractivity (Wildman–Crippen MR) is 62.0 cm³/mol. The molecular weight excluding hydrogens is 188 g/mol. The highest BCUT2D eigenvalue weighted by Crippen LogP contribution is 2.38. The van der Waals surface area contributed by atoms with Gasteiger partial charge >= 0.3 is 0 Å². The Bertz CT molecular complexity index is 325. The van der Waals surface area contributed by atoms with Crippen molar-refractivity contribution in [3.8, 4) is 0 Å². The van der Waals surface area contributed by atoms with Crippen LogP contribution < -0.4 is 5.32 Å². The molecule has 1 aliphatic rings. The molecular formula is C11H20N4. The average Bonchev–Trinajstić information content (AvgIpc) is 2.57. The molecule has 0 radical (unpaired) electrons. The van der Waals surface area contributed by atoms with Crippen LogP contribution in [0.25, 0.3) is 0 Å². The summed E-state index contributed by atoms with van der Waals surface area (Å²) < 4.78 is 2.21. The summed E-state index contributed by atoms with van der Waals surface area (Å²) in [5, 5.41) is 3.12. The van der Waals surface area contributed by atoms with Crippen molar-refractivity contribution in [2.24, 2.45) is 0 Å². The van der Waals surface area contributed by atoms with Crippen LogP contribution in [0.1, 0.15) is 19.3 Å². The second-order valence-electron chi connectivity index (χ2n) is 4.60. The standard InChI is InChI=1S/C11H20N4/c1-12-10-13-7-8-15(10)9-11(14(2)3)5-4-6-11/h7-8H,4-6,9H2,1-3H3,(H,12,13). The van der Waals surface area contributed by atoms with Gasteiger partial charge in [-0.15, -0.1) is 0 Å². The molecule has 1 aromatic heterocycles. The molecule has 2 rings (SSSR count). The van der Waals surface area contributed by atoms with Gasteiger partial charge < -0.3 is 14.8 Å². The minimum atomic E-state index is 0.353. The molecule has 1 N–H and O–H groups in total. The van der Waals surface area contributed by atoms with E-state index in [-0.39, 0.29) is 0 Å². The van der Waals surface area contributed by atoms with E-state index in [0.717, 1.165) is 12.5 Å². The Morgan fingerprint density at radius 3 is 2.73 bits per heavy atom. The molecule has 0 spiro atoms. The van der Waals surface area contributed by atoms with Crippen LogP contribution in [-0.2, 0) is 6.54 Å². The highest BCUT2D eigenvalue weighted by atomic mass is 15.2. The molecule has 1 saturated carbocycles. The van der Waals surface area contributed by atoms with E-state index in [1.807, 2.05) is 13.2 Å². The van der Waals surface area contributed by atoms with Gasteiger partial charge in [-0.3, -0.25) is 0 Å². The van der Waals surface area contributed by atoms with E-state index in [9.17, 15) is 0 Å². The number of rotatable bonds is 4. The van der Waals surface area contributed by atoms with E-state index < -0.39 is 0 Å². The first-order valence-corrected chi connectivity index (χ1v) is 5.54. The first-order valence-electron chi connectivity index (χ1n) is 5.54. The molecule has 4 nitrogen and oxygen atoms in total. The topological polar surface area (TPSA) is 33.1 Å². The fraction of sp³-hybridized carbons (Fsp3) is 0.727. The Balaban J connectivity index is 2.13. The lowest BCUT2D eigenvalue weighted by Crippen LogP contribution is -2.53. The summed E-state index contributed by atoms with van der Waals surface area (Å²) >= 11 is 0. The molecule has 1 aromatic rings. The van der Waals surface area contributed by atoms with Gasteiger partial charge in [0.2, 0.25) is 5.95 Å². The molecule has 0 unspecified atom stereocenters. The Morgan fingerprint density at radius 1 is 1.53 bits per heavy atom. The summed E-state index contributed by atoms with van der Waals surface area (Å²) in [6.07, 6.45) is 7.84. The van der Waals surface area contributed by atoms with Gasteiger partial charge in [-0.1, -0.05) is 0 Å². The van der Waals surface area contributed by atoms with Gasteiger partial charge in [0.1, 0.15) is 0 Å². The summed E-state index contributed by atoms with van der Waals surface area (Å²) in [6, 6.07) is 0. The molecule has 0 saturated heterocycles. The second kappa shape index (κ2) is 3.85. The number of aromatic nitrogens is 2. The van der Waals surface area contributed by atoms with Crippen molar-refractivity contribution in [3.63, 3.8) is 0 Å². The summed E-state index contributed by atoms with van der Waals surface area (Å²) in [5.41, 5.74) is 0.353. The van der Waals surface area contributed by atoms with Gasteiger partial charge in [0.25, 0.3) is 0 Å². The third-order valence-electron chi connectivity index (χ3n) is 3.64. The molecule has 0 atom stereocenters. The largest absolute Gasteiger partial charge is 0.359 e. The van der Waals surface area contributed by atoms with E-state index in [2.05, 4.69) is 40.1 Å². The van der Waals surface area contributed by atoms with Crippen molar-refractivity contribution in [2.45, 2.75) is 31.3 Å². The van der Waals surface area contributed by atoms with E-state index in [1.165, 1.54) is 19.3 Å². The lowest BCUT2D eigenvalue weighted by Gasteiger charge is -2.47. The fourth-order valence-corrected chi connectivity index (χ4v) is 2.31. The lowest BCUT2D eigenvalue weighted by atomic mass is 9.75. The highest BCUT2D eigenvalue weighted by molar-refractivity contribution is 5.25. The molecule has 84 valence electrons. The monoisotopic (exact) mass is 208 g/mol. The normalized spacial score (nSPS) is 18.9. The Kier molecular flexibility index (Phi) is 2.69. The fourth-order valence-electron chi connectivity index (χ4n) is 2.31. The van der Waals surface area contributed by atoms with Crippen molar-refractivity contribution in [3.05, 3.63) is 12.4 Å². The van der Waals surface area contributed by atoms with Crippen LogP contribution in [0.4, 0.5) is 5.95 Å². The second-order valence-corrected chi connectivity index (χ2v) is 4.60. The maximum absolute atomic E-state index is 4.27. The third kappa shape index (κ3) is 1.74. The van der Waals surface area contributed by atoms with Crippen LogP contribution in [0.2, 0.25) is 0 Å². The Hall–Kier alpha value is -1.03. The Morgan fingerprint density at radius 2 is 2.27 bits per heavy atom. The van der Waals surface area contributed by atoms with Gasteiger partial charge in [0.15, 0.2) is 0 Å². The molecule has 0 amide bonds. The number of anilines is 1. The summed E-state index contributed by atoms with van der Waals surface area (Å²) in [5.74, 6) is 0.961. The number of hydrogen-bond acceptors (Lipinski definition) is 3. The Labute approximate surface area is 91.3 Å². The van der Waals surface area contributed by atoms with E-state index in [0.29, 0.717) is 5.54 Å². The molecule has 1 heterocycles. The maximum Gasteiger partial charge on any atom is 0.202 e. The minimum absolute atomic E-state index is 0.353. The van der Waals surface area contributed by atoms with Gasteiger partial charge in [-0.2, -0.15) is 0 Å².